The van der Waals surface area contributed by atoms with Crippen molar-refractivity contribution >= 4 is 11.6 Å². The second kappa shape index (κ2) is 6.57. The number of nitrogens with zero attached hydrogens (tertiary/aromatic N) is 1. The fourth-order valence-electron chi connectivity index (χ4n) is 2.50. The molecule has 0 saturated carbocycles. The molecule has 6 heteroatoms. The lowest BCUT2D eigenvalue weighted by atomic mass is 10.0. The van der Waals surface area contributed by atoms with Crippen molar-refractivity contribution in [2.24, 2.45) is 0 Å². The van der Waals surface area contributed by atoms with E-state index in [1.165, 1.54) is 12.1 Å². The molecule has 2 aromatic rings. The molecule has 1 aliphatic rings. The lowest BCUT2D eigenvalue weighted by Crippen LogP contribution is -2.39. The van der Waals surface area contributed by atoms with E-state index in [0.717, 1.165) is 5.56 Å². The molecule has 0 radical (unpaired) electrons. The van der Waals surface area contributed by atoms with Gasteiger partial charge in [-0.05, 0) is 48.4 Å². The Balaban J connectivity index is 1.60. The van der Waals surface area contributed by atoms with Crippen LogP contribution in [0.1, 0.15) is 23.6 Å². The van der Waals surface area contributed by atoms with Gasteiger partial charge in [-0.25, -0.2) is 15.2 Å². The summed E-state index contributed by atoms with van der Waals surface area (Å²) in [7, 11) is 0. The van der Waals surface area contributed by atoms with Crippen LogP contribution in [0, 0.1) is 17.1 Å². The fourth-order valence-corrected chi connectivity index (χ4v) is 2.50. The van der Waals surface area contributed by atoms with E-state index in [1.807, 2.05) is 6.07 Å². The molecule has 2 unspecified atom stereocenters. The number of halogens is 1. The number of nitrogens with one attached hydrogen (secondary N) is 3. The highest BCUT2D eigenvalue weighted by molar-refractivity contribution is 5.95. The third kappa shape index (κ3) is 3.54. The molecular weight excluding hydrogens is 295 g/mol. The third-order valence-corrected chi connectivity index (χ3v) is 3.77. The topological polar surface area (TPSA) is 77.0 Å². The predicted molar refractivity (Wildman–Crippen MR) is 83.6 cm³/mol. The maximum absolute atomic E-state index is 13.0. The van der Waals surface area contributed by atoms with Crippen molar-refractivity contribution in [2.45, 2.75) is 18.5 Å². The SMILES string of the molecule is N#Cc1ccc(NC(=O)C2CC(c3ccc(F)cc3)NN2)cc1. The van der Waals surface area contributed by atoms with Crippen LogP contribution in [-0.2, 0) is 4.79 Å². The summed E-state index contributed by atoms with van der Waals surface area (Å²) in [6.07, 6.45) is 0.563. The van der Waals surface area contributed by atoms with E-state index in [4.69, 9.17) is 5.26 Å². The van der Waals surface area contributed by atoms with Crippen LogP contribution in [0.2, 0.25) is 0 Å². The molecule has 23 heavy (non-hydrogen) atoms. The summed E-state index contributed by atoms with van der Waals surface area (Å²) in [5.74, 6) is -0.443. The van der Waals surface area contributed by atoms with Crippen molar-refractivity contribution in [3.63, 3.8) is 0 Å². The number of nitriles is 1. The molecule has 1 saturated heterocycles. The summed E-state index contributed by atoms with van der Waals surface area (Å²) < 4.78 is 13.0. The molecule has 3 N–H and O–H groups in total. The first-order valence-electron chi connectivity index (χ1n) is 7.23. The standard InChI is InChI=1S/C17H15FN4O/c18-13-5-3-12(4-6-13)15-9-16(22-21-15)17(23)20-14-7-1-11(10-19)2-8-14/h1-8,15-16,21-22H,9H2,(H,20,23). The van der Waals surface area contributed by atoms with Gasteiger partial charge in [0.05, 0.1) is 11.6 Å². The lowest BCUT2D eigenvalue weighted by Gasteiger charge is -2.11. The summed E-state index contributed by atoms with van der Waals surface area (Å²) in [4.78, 5) is 12.3. The first kappa shape index (κ1) is 15.2. The highest BCUT2D eigenvalue weighted by Gasteiger charge is 2.30. The van der Waals surface area contributed by atoms with E-state index in [1.54, 1.807) is 36.4 Å². The van der Waals surface area contributed by atoms with Crippen molar-refractivity contribution in [2.75, 3.05) is 5.32 Å². The van der Waals surface area contributed by atoms with Gasteiger partial charge in [0.1, 0.15) is 11.9 Å². The Morgan fingerprint density at radius 1 is 1.13 bits per heavy atom. The van der Waals surface area contributed by atoms with Crippen LogP contribution >= 0.6 is 0 Å². The van der Waals surface area contributed by atoms with Crippen molar-refractivity contribution in [1.29, 1.82) is 5.26 Å². The molecule has 1 aliphatic heterocycles. The zero-order valence-electron chi connectivity index (χ0n) is 12.2. The minimum absolute atomic E-state index is 0.0488. The Hall–Kier alpha value is -2.75. The summed E-state index contributed by atoms with van der Waals surface area (Å²) in [6.45, 7) is 0. The van der Waals surface area contributed by atoms with Crippen LogP contribution in [0.25, 0.3) is 0 Å². The Morgan fingerprint density at radius 2 is 1.83 bits per heavy atom. The minimum atomic E-state index is -0.388. The summed E-state index contributed by atoms with van der Waals surface area (Å²) in [6, 6.07) is 14.5. The Labute approximate surface area is 133 Å². The predicted octanol–water partition coefficient (Wildman–Crippen LogP) is 2.24. The average molecular weight is 310 g/mol. The Kier molecular flexibility index (Phi) is 4.33. The summed E-state index contributed by atoms with van der Waals surface area (Å²) in [5.41, 5.74) is 8.11. The zero-order valence-corrected chi connectivity index (χ0v) is 12.2. The van der Waals surface area contributed by atoms with Gasteiger partial charge in [-0.1, -0.05) is 12.1 Å². The van der Waals surface area contributed by atoms with Crippen molar-refractivity contribution in [3.8, 4) is 6.07 Å². The van der Waals surface area contributed by atoms with Gasteiger partial charge in [-0.15, -0.1) is 0 Å². The normalized spacial score (nSPS) is 20.0. The fraction of sp³-hybridized carbons (Fsp3) is 0.176. The molecule has 1 fully saturated rings. The smallest absolute Gasteiger partial charge is 0.242 e. The van der Waals surface area contributed by atoms with Gasteiger partial charge < -0.3 is 5.32 Å². The largest absolute Gasteiger partial charge is 0.325 e. The molecule has 2 atom stereocenters. The molecule has 5 nitrogen and oxygen atoms in total. The second-order valence-corrected chi connectivity index (χ2v) is 5.36. The van der Waals surface area contributed by atoms with Gasteiger partial charge in [-0.3, -0.25) is 4.79 Å². The van der Waals surface area contributed by atoms with Crippen LogP contribution in [0.4, 0.5) is 10.1 Å². The van der Waals surface area contributed by atoms with Crippen molar-refractivity contribution in [3.05, 3.63) is 65.5 Å². The highest BCUT2D eigenvalue weighted by Crippen LogP contribution is 2.23. The summed E-state index contributed by atoms with van der Waals surface area (Å²) >= 11 is 0. The van der Waals surface area contributed by atoms with Gasteiger partial charge >= 0.3 is 0 Å². The van der Waals surface area contributed by atoms with Crippen LogP contribution in [0.5, 0.6) is 0 Å². The first-order chi connectivity index (χ1) is 11.2. The van der Waals surface area contributed by atoms with E-state index in [0.29, 0.717) is 17.7 Å². The number of carbonyl (C=O) groups is 1. The molecule has 0 spiro atoms. The molecule has 0 aromatic heterocycles. The second-order valence-electron chi connectivity index (χ2n) is 5.36. The number of rotatable bonds is 3. The maximum atomic E-state index is 13.0. The molecule has 1 heterocycles. The van der Waals surface area contributed by atoms with Gasteiger partial charge in [0.2, 0.25) is 5.91 Å². The summed E-state index contributed by atoms with van der Waals surface area (Å²) in [5, 5.41) is 11.6. The molecule has 116 valence electrons. The van der Waals surface area contributed by atoms with Gasteiger partial charge in [0, 0.05) is 11.7 Å². The number of carbonyl (C=O) groups excluding carboxylic acids is 1. The third-order valence-electron chi connectivity index (χ3n) is 3.77. The van der Waals surface area contributed by atoms with E-state index >= 15 is 0 Å². The number of amides is 1. The molecule has 3 rings (SSSR count). The molecular formula is C17H15FN4O. The van der Waals surface area contributed by atoms with Crippen molar-refractivity contribution < 1.29 is 9.18 Å². The highest BCUT2D eigenvalue weighted by atomic mass is 19.1. The van der Waals surface area contributed by atoms with Gasteiger partial charge in [-0.2, -0.15) is 5.26 Å². The molecule has 2 aromatic carbocycles. The van der Waals surface area contributed by atoms with E-state index in [-0.39, 0.29) is 23.8 Å². The van der Waals surface area contributed by atoms with Gasteiger partial charge in [0.15, 0.2) is 0 Å². The minimum Gasteiger partial charge on any atom is -0.325 e. The average Bonchev–Trinajstić information content (AvgIpc) is 3.06. The number of hydrogen-bond donors (Lipinski definition) is 3. The van der Waals surface area contributed by atoms with Crippen LogP contribution in [0.15, 0.2) is 48.5 Å². The number of hydrogen-bond acceptors (Lipinski definition) is 4. The number of anilines is 1. The zero-order chi connectivity index (χ0) is 16.2. The molecule has 0 bridgehead atoms. The lowest BCUT2D eigenvalue weighted by molar-refractivity contribution is -0.117. The molecule has 1 amide bonds. The Morgan fingerprint density at radius 3 is 2.48 bits per heavy atom. The number of hydrazine groups is 1. The number of benzene rings is 2. The quantitative estimate of drug-likeness (QED) is 0.812. The van der Waals surface area contributed by atoms with Crippen LogP contribution < -0.4 is 16.2 Å². The van der Waals surface area contributed by atoms with Crippen LogP contribution in [0.3, 0.4) is 0 Å². The first-order valence-corrected chi connectivity index (χ1v) is 7.23. The molecule has 0 aliphatic carbocycles. The van der Waals surface area contributed by atoms with E-state index in [9.17, 15) is 9.18 Å². The van der Waals surface area contributed by atoms with Crippen LogP contribution in [-0.4, -0.2) is 11.9 Å². The van der Waals surface area contributed by atoms with Gasteiger partial charge in [0.25, 0.3) is 0 Å². The maximum Gasteiger partial charge on any atom is 0.242 e. The van der Waals surface area contributed by atoms with E-state index in [2.05, 4.69) is 16.2 Å². The van der Waals surface area contributed by atoms with Crippen molar-refractivity contribution in [1.82, 2.24) is 10.9 Å². The Bertz CT molecular complexity index is 737. The van der Waals surface area contributed by atoms with E-state index < -0.39 is 0 Å². The monoisotopic (exact) mass is 310 g/mol.